The van der Waals surface area contributed by atoms with Gasteiger partial charge in [0.15, 0.2) is 19.7 Å². The minimum absolute atomic E-state index is 0.0643. The van der Waals surface area contributed by atoms with Gasteiger partial charge in [0, 0.05) is 12.3 Å². The number of ether oxygens (including phenoxy) is 1. The second kappa shape index (κ2) is 8.30. The highest BCUT2D eigenvalue weighted by Gasteiger charge is 2.59. The van der Waals surface area contributed by atoms with E-state index in [1.54, 1.807) is 6.08 Å². The standard InChI is InChI=1S/C23H36O5Si/c1-17(25)9-13-23-18(16-27-29(6,7)21(2,3)4)10-12-22(5,11-8-14-24)19(23)15-20(26)28-23/h9-10,13-14,19H,8,11-12,15-16H2,1-7H3/b13-9+/t19-,22+,23+/m0/s1. The third-order valence-electron chi connectivity index (χ3n) is 7.12. The number of esters is 1. The molecule has 0 aromatic carbocycles. The number of carbonyl (C=O) groups excluding carboxylic acids is 3. The molecule has 0 unspecified atom stereocenters. The van der Waals surface area contributed by atoms with E-state index >= 15 is 0 Å². The lowest BCUT2D eigenvalue weighted by molar-refractivity contribution is -0.145. The van der Waals surface area contributed by atoms with E-state index in [-0.39, 0.29) is 34.5 Å². The SMILES string of the molecule is CC(=O)/C=C/[C@]12OC(=O)C[C@H]1[C@](C)(CCC=O)CC=C2CO[Si](C)(C)C(C)(C)C. The van der Waals surface area contributed by atoms with Gasteiger partial charge in [0.2, 0.25) is 0 Å². The molecule has 6 heteroatoms. The molecule has 0 bridgehead atoms. The summed E-state index contributed by atoms with van der Waals surface area (Å²) in [5.41, 5.74) is -0.311. The second-order valence-electron chi connectivity index (χ2n) is 10.3. The van der Waals surface area contributed by atoms with E-state index in [2.05, 4.69) is 46.9 Å². The maximum absolute atomic E-state index is 12.5. The van der Waals surface area contributed by atoms with Crippen molar-refractivity contribution in [2.45, 2.75) is 84.0 Å². The van der Waals surface area contributed by atoms with Crippen LogP contribution in [0.25, 0.3) is 0 Å². The third-order valence-corrected chi connectivity index (χ3v) is 11.6. The molecule has 2 rings (SSSR count). The highest BCUT2D eigenvalue weighted by atomic mass is 28.4. The number of ketones is 1. The molecule has 1 heterocycles. The van der Waals surface area contributed by atoms with Gasteiger partial charge in [-0.2, -0.15) is 0 Å². The Bertz CT molecular complexity index is 730. The summed E-state index contributed by atoms with van der Waals surface area (Å²) in [4.78, 5) is 35.2. The fourth-order valence-electron chi connectivity index (χ4n) is 4.14. The molecule has 0 amide bonds. The lowest BCUT2D eigenvalue weighted by atomic mass is 9.59. The van der Waals surface area contributed by atoms with Gasteiger partial charge in [0.25, 0.3) is 0 Å². The Kier molecular flexibility index (Phi) is 6.80. The number of allylic oxidation sites excluding steroid dienone is 2. The van der Waals surface area contributed by atoms with E-state index in [4.69, 9.17) is 9.16 Å². The van der Waals surface area contributed by atoms with Gasteiger partial charge in [0.1, 0.15) is 6.29 Å². The van der Waals surface area contributed by atoms with E-state index < -0.39 is 13.9 Å². The van der Waals surface area contributed by atoms with Crippen molar-refractivity contribution in [1.29, 1.82) is 0 Å². The van der Waals surface area contributed by atoms with E-state index in [0.717, 1.165) is 18.3 Å². The second-order valence-corrected chi connectivity index (χ2v) is 15.1. The first kappa shape index (κ1) is 23.7. The van der Waals surface area contributed by atoms with Crippen molar-refractivity contribution in [3.05, 3.63) is 23.8 Å². The van der Waals surface area contributed by atoms with Crippen LogP contribution in [0.3, 0.4) is 0 Å². The minimum Gasteiger partial charge on any atom is -0.450 e. The van der Waals surface area contributed by atoms with Gasteiger partial charge in [-0.15, -0.1) is 0 Å². The van der Waals surface area contributed by atoms with Crippen LogP contribution in [0.15, 0.2) is 23.8 Å². The quantitative estimate of drug-likeness (QED) is 0.186. The Morgan fingerprint density at radius 2 is 2.03 bits per heavy atom. The van der Waals surface area contributed by atoms with Gasteiger partial charge in [0.05, 0.1) is 13.0 Å². The summed E-state index contributed by atoms with van der Waals surface area (Å²) >= 11 is 0. The maximum atomic E-state index is 12.5. The van der Waals surface area contributed by atoms with Crippen LogP contribution in [0, 0.1) is 11.3 Å². The summed E-state index contributed by atoms with van der Waals surface area (Å²) in [6, 6.07) is 0. The van der Waals surface area contributed by atoms with Gasteiger partial charge in [-0.05, 0) is 61.0 Å². The Hall–Kier alpha value is -1.53. The molecule has 2 aliphatic rings. The smallest absolute Gasteiger partial charge is 0.307 e. The zero-order chi connectivity index (χ0) is 22.1. The molecule has 0 aromatic rings. The normalized spacial score (nSPS) is 30.1. The van der Waals surface area contributed by atoms with E-state index in [0.29, 0.717) is 19.4 Å². The van der Waals surface area contributed by atoms with Crippen molar-refractivity contribution in [1.82, 2.24) is 0 Å². The molecule has 1 fully saturated rings. The first-order chi connectivity index (χ1) is 13.3. The number of aldehydes is 1. The summed E-state index contributed by atoms with van der Waals surface area (Å²) in [6.45, 7) is 14.9. The molecule has 1 aliphatic heterocycles. The molecule has 0 N–H and O–H groups in total. The van der Waals surface area contributed by atoms with Crippen LogP contribution < -0.4 is 0 Å². The van der Waals surface area contributed by atoms with Crippen LogP contribution in [-0.4, -0.2) is 38.6 Å². The minimum atomic E-state index is -2.00. The molecule has 1 saturated heterocycles. The Labute approximate surface area is 176 Å². The van der Waals surface area contributed by atoms with Crippen LogP contribution in [0.5, 0.6) is 0 Å². The predicted octanol–water partition coefficient (Wildman–Crippen LogP) is 4.77. The average molecular weight is 421 g/mol. The molecule has 3 atom stereocenters. The fraction of sp³-hybridized carbons (Fsp3) is 0.696. The molecule has 1 aliphatic carbocycles. The Morgan fingerprint density at radius 3 is 2.59 bits per heavy atom. The van der Waals surface area contributed by atoms with Crippen LogP contribution in [0.4, 0.5) is 0 Å². The topological polar surface area (TPSA) is 69.7 Å². The fourth-order valence-corrected chi connectivity index (χ4v) is 5.09. The van der Waals surface area contributed by atoms with Gasteiger partial charge in [-0.25, -0.2) is 0 Å². The van der Waals surface area contributed by atoms with Crippen molar-refractivity contribution in [3.63, 3.8) is 0 Å². The van der Waals surface area contributed by atoms with Crippen molar-refractivity contribution in [2.75, 3.05) is 6.61 Å². The van der Waals surface area contributed by atoms with E-state index in [9.17, 15) is 14.4 Å². The van der Waals surface area contributed by atoms with Crippen molar-refractivity contribution < 1.29 is 23.5 Å². The average Bonchev–Trinajstić information content (AvgIpc) is 2.96. The largest absolute Gasteiger partial charge is 0.450 e. The number of fused-ring (bicyclic) bond motifs is 1. The molecule has 0 aromatic heterocycles. The summed E-state index contributed by atoms with van der Waals surface area (Å²) in [5.74, 6) is -0.479. The summed E-state index contributed by atoms with van der Waals surface area (Å²) in [6.07, 6.45) is 8.45. The van der Waals surface area contributed by atoms with E-state index in [1.165, 1.54) is 13.0 Å². The molecule has 0 saturated carbocycles. The monoisotopic (exact) mass is 420 g/mol. The van der Waals surface area contributed by atoms with Crippen LogP contribution in [-0.2, 0) is 23.5 Å². The van der Waals surface area contributed by atoms with Crippen LogP contribution >= 0.6 is 0 Å². The summed E-state index contributed by atoms with van der Waals surface area (Å²) < 4.78 is 12.4. The first-order valence-corrected chi connectivity index (χ1v) is 13.4. The zero-order valence-electron chi connectivity index (χ0n) is 19.0. The molecular formula is C23H36O5Si. The summed E-state index contributed by atoms with van der Waals surface area (Å²) in [7, 11) is -2.00. The number of hydrogen-bond donors (Lipinski definition) is 0. The van der Waals surface area contributed by atoms with Gasteiger partial charge < -0.3 is 14.0 Å². The molecule has 0 radical (unpaired) electrons. The zero-order valence-corrected chi connectivity index (χ0v) is 20.0. The molecule has 162 valence electrons. The number of carbonyl (C=O) groups is 3. The molecule has 29 heavy (non-hydrogen) atoms. The lowest BCUT2D eigenvalue weighted by Gasteiger charge is -2.48. The lowest BCUT2D eigenvalue weighted by Crippen LogP contribution is -2.50. The predicted molar refractivity (Wildman–Crippen MR) is 116 cm³/mol. The Morgan fingerprint density at radius 1 is 1.38 bits per heavy atom. The van der Waals surface area contributed by atoms with Crippen molar-refractivity contribution in [2.24, 2.45) is 11.3 Å². The molecular weight excluding hydrogens is 384 g/mol. The summed E-state index contributed by atoms with van der Waals surface area (Å²) in [5, 5.41) is 0.0643. The number of hydrogen-bond acceptors (Lipinski definition) is 5. The van der Waals surface area contributed by atoms with Gasteiger partial charge >= 0.3 is 5.97 Å². The first-order valence-electron chi connectivity index (χ1n) is 10.5. The highest BCUT2D eigenvalue weighted by molar-refractivity contribution is 6.74. The van der Waals surface area contributed by atoms with E-state index in [1.807, 2.05) is 0 Å². The molecule has 0 spiro atoms. The number of rotatable bonds is 8. The molecule has 5 nitrogen and oxygen atoms in total. The van der Waals surface area contributed by atoms with Crippen molar-refractivity contribution in [3.8, 4) is 0 Å². The van der Waals surface area contributed by atoms with Crippen LogP contribution in [0.1, 0.15) is 60.3 Å². The highest BCUT2D eigenvalue weighted by Crippen LogP contribution is 2.56. The third kappa shape index (κ3) is 4.80. The van der Waals surface area contributed by atoms with Gasteiger partial charge in [-0.3, -0.25) is 9.59 Å². The maximum Gasteiger partial charge on any atom is 0.307 e. The van der Waals surface area contributed by atoms with Gasteiger partial charge in [-0.1, -0.05) is 33.8 Å². The van der Waals surface area contributed by atoms with Crippen LogP contribution in [0.2, 0.25) is 18.1 Å². The Balaban J connectivity index is 2.46. The van der Waals surface area contributed by atoms with Crippen molar-refractivity contribution >= 4 is 26.4 Å².